The van der Waals surface area contributed by atoms with Gasteiger partial charge in [0.1, 0.15) is 0 Å². The van der Waals surface area contributed by atoms with Crippen LogP contribution in [0.4, 0.5) is 0 Å². The lowest BCUT2D eigenvalue weighted by Crippen LogP contribution is -2.30. The number of aryl methyl sites for hydroxylation is 1. The van der Waals surface area contributed by atoms with Gasteiger partial charge in [0.15, 0.2) is 0 Å². The summed E-state index contributed by atoms with van der Waals surface area (Å²) in [6.07, 6.45) is 0. The average Bonchev–Trinajstić information content (AvgIpc) is 3.12. The lowest BCUT2D eigenvalue weighted by Gasteiger charge is -2.24. The summed E-state index contributed by atoms with van der Waals surface area (Å²) >= 11 is 1.68. The number of rotatable bonds is 3. The first-order chi connectivity index (χ1) is 12.1. The van der Waals surface area contributed by atoms with Crippen LogP contribution in [0.15, 0.2) is 71.6 Å². The first-order valence-electron chi connectivity index (χ1n) is 8.24. The Morgan fingerprint density at radius 2 is 1.68 bits per heavy atom. The smallest absolute Gasteiger partial charge is 0.207 e. The Morgan fingerprint density at radius 3 is 2.44 bits per heavy atom. The van der Waals surface area contributed by atoms with E-state index in [0.717, 1.165) is 22.1 Å². The molecule has 128 valence electrons. The van der Waals surface area contributed by atoms with Crippen molar-refractivity contribution in [3.63, 3.8) is 0 Å². The van der Waals surface area contributed by atoms with E-state index in [9.17, 15) is 8.42 Å². The normalized spacial score (nSPS) is 18.7. The lowest BCUT2D eigenvalue weighted by atomic mass is 10.1. The van der Waals surface area contributed by atoms with E-state index in [1.54, 1.807) is 28.2 Å². The largest absolute Gasteiger partial charge is 0.244 e. The zero-order chi connectivity index (χ0) is 17.4. The lowest BCUT2D eigenvalue weighted by molar-refractivity contribution is 0.434. The van der Waals surface area contributed by atoms with E-state index >= 15 is 0 Å². The monoisotopic (exact) mass is 369 g/mol. The fourth-order valence-corrected chi connectivity index (χ4v) is 6.43. The summed E-state index contributed by atoms with van der Waals surface area (Å²) in [7, 11) is -3.53. The standard InChI is InChI=1S/C20H19NO2S2/c1-15-6-8-17(9-7-15)20-21(12-13-24-20)25(22,23)19-11-10-16-4-2-3-5-18(16)14-19/h2-11,14,20H,12-13H2,1H3/t20-/m0/s1. The fourth-order valence-electron chi connectivity index (χ4n) is 3.16. The molecule has 0 unspecified atom stereocenters. The van der Waals surface area contributed by atoms with E-state index in [-0.39, 0.29) is 5.37 Å². The van der Waals surface area contributed by atoms with Gasteiger partial charge in [0.25, 0.3) is 0 Å². The minimum absolute atomic E-state index is 0.155. The highest BCUT2D eigenvalue weighted by atomic mass is 32.2. The first-order valence-corrected chi connectivity index (χ1v) is 10.7. The molecule has 0 aromatic heterocycles. The van der Waals surface area contributed by atoms with Gasteiger partial charge in [0.05, 0.1) is 10.3 Å². The number of hydrogen-bond acceptors (Lipinski definition) is 3. The molecular formula is C20H19NO2S2. The highest BCUT2D eigenvalue weighted by Crippen LogP contribution is 2.41. The summed E-state index contributed by atoms with van der Waals surface area (Å²) in [5.74, 6) is 0.811. The molecule has 0 N–H and O–H groups in total. The van der Waals surface area contributed by atoms with Gasteiger partial charge in [-0.3, -0.25) is 0 Å². The molecule has 0 radical (unpaired) electrons. The molecule has 3 nitrogen and oxygen atoms in total. The fraction of sp³-hybridized carbons (Fsp3) is 0.200. The number of sulfonamides is 1. The Hall–Kier alpha value is -1.82. The van der Waals surface area contributed by atoms with Crippen molar-refractivity contribution in [1.29, 1.82) is 0 Å². The third-order valence-electron chi connectivity index (χ3n) is 4.54. The molecule has 4 rings (SSSR count). The second kappa shape index (κ2) is 6.48. The molecule has 1 atom stereocenters. The molecule has 0 aliphatic carbocycles. The Bertz CT molecular complexity index is 1010. The molecule has 0 amide bonds. The molecule has 1 aliphatic heterocycles. The number of thioether (sulfide) groups is 1. The van der Waals surface area contributed by atoms with Crippen LogP contribution in [0.25, 0.3) is 10.8 Å². The first kappa shape index (κ1) is 16.6. The van der Waals surface area contributed by atoms with Crippen molar-refractivity contribution in [3.8, 4) is 0 Å². The molecular weight excluding hydrogens is 350 g/mol. The summed E-state index contributed by atoms with van der Waals surface area (Å²) < 4.78 is 28.1. The van der Waals surface area contributed by atoms with Crippen molar-refractivity contribution in [2.45, 2.75) is 17.2 Å². The predicted molar refractivity (Wildman–Crippen MR) is 104 cm³/mol. The van der Waals surface area contributed by atoms with Crippen LogP contribution in [0.5, 0.6) is 0 Å². The minimum atomic E-state index is -3.53. The van der Waals surface area contributed by atoms with Crippen LogP contribution >= 0.6 is 11.8 Å². The maximum absolute atomic E-state index is 13.2. The summed E-state index contributed by atoms with van der Waals surface area (Å²) in [5, 5.41) is 1.84. The molecule has 1 aliphatic rings. The van der Waals surface area contributed by atoms with Crippen LogP contribution in [-0.2, 0) is 10.0 Å². The molecule has 1 fully saturated rings. The summed E-state index contributed by atoms with van der Waals surface area (Å²) in [5.41, 5.74) is 2.22. The Labute approximate surface area is 152 Å². The van der Waals surface area contributed by atoms with Gasteiger partial charge in [0.2, 0.25) is 10.0 Å². The molecule has 1 saturated heterocycles. The SMILES string of the molecule is Cc1ccc([C@@H]2SCCN2S(=O)(=O)c2ccc3ccccc3c2)cc1. The van der Waals surface area contributed by atoms with Crippen LogP contribution in [-0.4, -0.2) is 25.0 Å². The van der Waals surface area contributed by atoms with Gasteiger partial charge in [0, 0.05) is 12.3 Å². The van der Waals surface area contributed by atoms with Crippen molar-refractivity contribution < 1.29 is 8.42 Å². The van der Waals surface area contributed by atoms with Gasteiger partial charge in [-0.25, -0.2) is 8.42 Å². The van der Waals surface area contributed by atoms with E-state index in [4.69, 9.17) is 0 Å². The van der Waals surface area contributed by atoms with Crippen molar-refractivity contribution >= 4 is 32.6 Å². The third kappa shape index (κ3) is 3.08. The van der Waals surface area contributed by atoms with Crippen molar-refractivity contribution in [3.05, 3.63) is 77.9 Å². The maximum atomic E-state index is 13.2. The van der Waals surface area contributed by atoms with E-state index in [1.807, 2.05) is 61.5 Å². The zero-order valence-corrected chi connectivity index (χ0v) is 15.6. The summed E-state index contributed by atoms with van der Waals surface area (Å²) in [6.45, 7) is 2.58. The van der Waals surface area contributed by atoms with Gasteiger partial charge >= 0.3 is 0 Å². The van der Waals surface area contributed by atoms with Gasteiger partial charge < -0.3 is 0 Å². The number of fused-ring (bicyclic) bond motifs is 1. The molecule has 0 saturated carbocycles. The van der Waals surface area contributed by atoms with E-state index in [1.165, 1.54) is 5.56 Å². The van der Waals surface area contributed by atoms with Crippen LogP contribution < -0.4 is 0 Å². The van der Waals surface area contributed by atoms with Crippen LogP contribution in [0.1, 0.15) is 16.5 Å². The molecule has 25 heavy (non-hydrogen) atoms. The predicted octanol–water partition coefficient (Wildman–Crippen LogP) is 4.58. The van der Waals surface area contributed by atoms with Crippen LogP contribution in [0.2, 0.25) is 0 Å². The molecule has 3 aromatic rings. The van der Waals surface area contributed by atoms with E-state index in [2.05, 4.69) is 0 Å². The quantitative estimate of drug-likeness (QED) is 0.678. The Balaban J connectivity index is 1.73. The number of benzene rings is 3. The Kier molecular flexibility index (Phi) is 4.31. The van der Waals surface area contributed by atoms with Gasteiger partial charge in [-0.05, 0) is 35.4 Å². The van der Waals surface area contributed by atoms with E-state index < -0.39 is 10.0 Å². The minimum Gasteiger partial charge on any atom is -0.207 e. The van der Waals surface area contributed by atoms with Gasteiger partial charge in [-0.2, -0.15) is 4.31 Å². The topological polar surface area (TPSA) is 37.4 Å². The molecule has 0 bridgehead atoms. The van der Waals surface area contributed by atoms with Crippen molar-refractivity contribution in [2.24, 2.45) is 0 Å². The summed E-state index contributed by atoms with van der Waals surface area (Å²) in [4.78, 5) is 0.366. The third-order valence-corrected chi connectivity index (χ3v) is 7.79. The summed E-state index contributed by atoms with van der Waals surface area (Å²) in [6, 6.07) is 21.3. The molecule has 5 heteroatoms. The molecule has 0 spiro atoms. The second-order valence-corrected chi connectivity index (χ2v) is 9.34. The molecule has 3 aromatic carbocycles. The van der Waals surface area contributed by atoms with Gasteiger partial charge in [-0.15, -0.1) is 11.8 Å². The highest BCUT2D eigenvalue weighted by molar-refractivity contribution is 8.01. The van der Waals surface area contributed by atoms with Crippen molar-refractivity contribution in [1.82, 2.24) is 4.31 Å². The zero-order valence-electron chi connectivity index (χ0n) is 13.9. The number of hydrogen-bond donors (Lipinski definition) is 0. The maximum Gasteiger partial charge on any atom is 0.244 e. The van der Waals surface area contributed by atoms with Crippen LogP contribution in [0, 0.1) is 6.92 Å². The second-order valence-electron chi connectivity index (χ2n) is 6.26. The highest BCUT2D eigenvalue weighted by Gasteiger charge is 2.36. The van der Waals surface area contributed by atoms with Crippen molar-refractivity contribution in [2.75, 3.05) is 12.3 Å². The average molecular weight is 370 g/mol. The van der Waals surface area contributed by atoms with E-state index in [0.29, 0.717) is 11.4 Å². The van der Waals surface area contributed by atoms with Crippen LogP contribution in [0.3, 0.4) is 0 Å². The molecule has 1 heterocycles. The Morgan fingerprint density at radius 1 is 0.960 bits per heavy atom. The van der Waals surface area contributed by atoms with Gasteiger partial charge in [-0.1, -0.05) is 60.2 Å². The number of nitrogens with zero attached hydrogens (tertiary/aromatic N) is 1.